The largest absolute Gasteiger partial charge is 0.332 e. The molecule has 0 bridgehead atoms. The van der Waals surface area contributed by atoms with Crippen molar-refractivity contribution in [3.8, 4) is 0 Å². The normalized spacial score (nSPS) is 15.4. The fourth-order valence-corrected chi connectivity index (χ4v) is 4.54. The lowest BCUT2D eigenvalue weighted by Gasteiger charge is -2.25. The third-order valence-corrected chi connectivity index (χ3v) is 6.28. The molecule has 0 aromatic heterocycles. The molecule has 1 saturated heterocycles. The SMILES string of the molecule is O=S(=O)(c1ccc(NC(=S)Nc2ccc(F)cc2)cc1)N1CCCCC1. The predicted molar refractivity (Wildman–Crippen MR) is 105 cm³/mol. The maximum atomic E-state index is 12.9. The van der Waals surface area contributed by atoms with Gasteiger partial charge in [0.15, 0.2) is 5.11 Å². The number of benzene rings is 2. The monoisotopic (exact) mass is 393 g/mol. The van der Waals surface area contributed by atoms with E-state index in [4.69, 9.17) is 12.2 Å². The summed E-state index contributed by atoms with van der Waals surface area (Å²) in [6.45, 7) is 1.15. The molecule has 8 heteroatoms. The number of piperidine rings is 1. The van der Waals surface area contributed by atoms with Crippen molar-refractivity contribution >= 4 is 38.7 Å². The van der Waals surface area contributed by atoms with Crippen LogP contribution in [0, 0.1) is 5.82 Å². The fourth-order valence-electron chi connectivity index (χ4n) is 2.79. The van der Waals surface area contributed by atoms with Gasteiger partial charge in [-0.3, -0.25) is 0 Å². The third kappa shape index (κ3) is 4.57. The Morgan fingerprint density at radius 1 is 0.885 bits per heavy atom. The van der Waals surface area contributed by atoms with E-state index in [0.717, 1.165) is 19.3 Å². The van der Waals surface area contributed by atoms with Gasteiger partial charge in [0, 0.05) is 24.5 Å². The van der Waals surface area contributed by atoms with E-state index in [1.807, 2.05) is 0 Å². The van der Waals surface area contributed by atoms with Gasteiger partial charge in [0.25, 0.3) is 0 Å². The lowest BCUT2D eigenvalue weighted by Crippen LogP contribution is -2.35. The molecule has 3 rings (SSSR count). The second kappa shape index (κ2) is 8.11. The van der Waals surface area contributed by atoms with Crippen LogP contribution < -0.4 is 10.6 Å². The summed E-state index contributed by atoms with van der Waals surface area (Å²) in [6.07, 6.45) is 2.89. The zero-order chi connectivity index (χ0) is 18.6. The van der Waals surface area contributed by atoms with E-state index >= 15 is 0 Å². The van der Waals surface area contributed by atoms with Crippen molar-refractivity contribution in [2.75, 3.05) is 23.7 Å². The number of halogens is 1. The molecule has 1 aliphatic rings. The molecule has 1 aliphatic heterocycles. The first-order valence-corrected chi connectivity index (χ1v) is 10.2. The Kier molecular flexibility index (Phi) is 5.85. The zero-order valence-corrected chi connectivity index (χ0v) is 15.7. The first kappa shape index (κ1) is 18.8. The molecule has 0 saturated carbocycles. The molecule has 2 N–H and O–H groups in total. The molecule has 2 aromatic rings. The van der Waals surface area contributed by atoms with Crippen LogP contribution in [-0.2, 0) is 10.0 Å². The van der Waals surface area contributed by atoms with E-state index in [0.29, 0.717) is 29.6 Å². The van der Waals surface area contributed by atoms with Crippen LogP contribution in [0.5, 0.6) is 0 Å². The Hall–Kier alpha value is -2.03. The maximum Gasteiger partial charge on any atom is 0.243 e. The van der Waals surface area contributed by atoms with Crippen LogP contribution in [0.25, 0.3) is 0 Å². The minimum absolute atomic E-state index is 0.280. The van der Waals surface area contributed by atoms with Crippen LogP contribution in [0.15, 0.2) is 53.4 Å². The summed E-state index contributed by atoms with van der Waals surface area (Å²) in [5.74, 6) is -0.320. The molecule has 0 spiro atoms. The summed E-state index contributed by atoms with van der Waals surface area (Å²) in [7, 11) is -3.44. The van der Waals surface area contributed by atoms with E-state index in [1.54, 1.807) is 40.7 Å². The van der Waals surface area contributed by atoms with Gasteiger partial charge in [-0.05, 0) is 73.6 Å². The number of thiocarbonyl (C=S) groups is 1. The van der Waals surface area contributed by atoms with Crippen LogP contribution in [0.4, 0.5) is 15.8 Å². The lowest BCUT2D eigenvalue weighted by molar-refractivity contribution is 0.346. The van der Waals surface area contributed by atoms with Gasteiger partial charge in [0.1, 0.15) is 5.82 Å². The molecular weight excluding hydrogens is 373 g/mol. The molecule has 0 aliphatic carbocycles. The highest BCUT2D eigenvalue weighted by molar-refractivity contribution is 7.89. The average molecular weight is 394 g/mol. The number of hydrogen-bond acceptors (Lipinski definition) is 3. The van der Waals surface area contributed by atoms with Crippen LogP contribution in [0.2, 0.25) is 0 Å². The van der Waals surface area contributed by atoms with Crippen molar-refractivity contribution in [3.05, 3.63) is 54.3 Å². The molecule has 1 heterocycles. The van der Waals surface area contributed by atoms with Crippen molar-refractivity contribution < 1.29 is 12.8 Å². The van der Waals surface area contributed by atoms with E-state index in [2.05, 4.69) is 10.6 Å². The summed E-state index contributed by atoms with van der Waals surface area (Å²) in [5.41, 5.74) is 1.33. The molecule has 0 atom stereocenters. The summed E-state index contributed by atoms with van der Waals surface area (Å²) in [6, 6.07) is 12.3. The average Bonchev–Trinajstić information content (AvgIpc) is 2.65. The summed E-state index contributed by atoms with van der Waals surface area (Å²) >= 11 is 5.22. The Balaban J connectivity index is 1.63. The number of anilines is 2. The van der Waals surface area contributed by atoms with Crippen molar-refractivity contribution in [3.63, 3.8) is 0 Å². The van der Waals surface area contributed by atoms with Gasteiger partial charge in [0.05, 0.1) is 4.90 Å². The summed E-state index contributed by atoms with van der Waals surface area (Å²) in [5, 5.41) is 6.26. The van der Waals surface area contributed by atoms with Gasteiger partial charge < -0.3 is 10.6 Å². The number of sulfonamides is 1. The molecular formula is C18H20FN3O2S2. The van der Waals surface area contributed by atoms with Gasteiger partial charge in [-0.15, -0.1) is 0 Å². The Labute approximate surface area is 158 Å². The lowest BCUT2D eigenvalue weighted by atomic mass is 10.2. The Morgan fingerprint density at radius 2 is 1.38 bits per heavy atom. The zero-order valence-electron chi connectivity index (χ0n) is 14.1. The highest BCUT2D eigenvalue weighted by Gasteiger charge is 2.25. The van der Waals surface area contributed by atoms with Gasteiger partial charge in [-0.25, -0.2) is 12.8 Å². The van der Waals surface area contributed by atoms with E-state index in [1.165, 1.54) is 12.1 Å². The topological polar surface area (TPSA) is 61.4 Å². The minimum atomic E-state index is -3.44. The minimum Gasteiger partial charge on any atom is -0.332 e. The summed E-state index contributed by atoms with van der Waals surface area (Å²) < 4.78 is 39.7. The first-order chi connectivity index (χ1) is 12.4. The van der Waals surface area contributed by atoms with E-state index in [-0.39, 0.29) is 10.7 Å². The van der Waals surface area contributed by atoms with Crippen LogP contribution in [0.1, 0.15) is 19.3 Å². The molecule has 0 unspecified atom stereocenters. The molecule has 0 amide bonds. The van der Waals surface area contributed by atoms with E-state index in [9.17, 15) is 12.8 Å². The van der Waals surface area contributed by atoms with Gasteiger partial charge >= 0.3 is 0 Å². The van der Waals surface area contributed by atoms with Crippen LogP contribution >= 0.6 is 12.2 Å². The molecule has 138 valence electrons. The Bertz CT molecular complexity index is 862. The number of nitrogens with zero attached hydrogens (tertiary/aromatic N) is 1. The highest BCUT2D eigenvalue weighted by Crippen LogP contribution is 2.22. The number of nitrogens with one attached hydrogen (secondary N) is 2. The van der Waals surface area contributed by atoms with Crippen LogP contribution in [0.3, 0.4) is 0 Å². The standard InChI is InChI=1S/C18H20FN3O2S2/c19-14-4-6-15(7-5-14)20-18(25)21-16-8-10-17(11-9-16)26(23,24)22-12-2-1-3-13-22/h4-11H,1-3,12-13H2,(H2,20,21,25). The molecule has 2 aromatic carbocycles. The van der Waals surface area contributed by atoms with Crippen molar-refractivity contribution in [1.29, 1.82) is 0 Å². The second-order valence-corrected chi connectivity index (χ2v) is 8.42. The number of hydrogen-bond donors (Lipinski definition) is 2. The first-order valence-electron chi connectivity index (χ1n) is 8.39. The van der Waals surface area contributed by atoms with Gasteiger partial charge in [-0.2, -0.15) is 4.31 Å². The highest BCUT2D eigenvalue weighted by atomic mass is 32.2. The maximum absolute atomic E-state index is 12.9. The van der Waals surface area contributed by atoms with Gasteiger partial charge in [-0.1, -0.05) is 6.42 Å². The number of rotatable bonds is 4. The molecule has 0 radical (unpaired) electrons. The molecule has 5 nitrogen and oxygen atoms in total. The van der Waals surface area contributed by atoms with Crippen molar-refractivity contribution in [2.24, 2.45) is 0 Å². The van der Waals surface area contributed by atoms with Crippen molar-refractivity contribution in [1.82, 2.24) is 4.31 Å². The smallest absolute Gasteiger partial charge is 0.243 e. The second-order valence-electron chi connectivity index (χ2n) is 6.08. The fraction of sp³-hybridized carbons (Fsp3) is 0.278. The molecule has 1 fully saturated rings. The predicted octanol–water partition coefficient (Wildman–Crippen LogP) is 3.81. The molecule has 26 heavy (non-hydrogen) atoms. The third-order valence-electron chi connectivity index (χ3n) is 4.17. The van der Waals surface area contributed by atoms with Crippen molar-refractivity contribution in [2.45, 2.75) is 24.2 Å². The summed E-state index contributed by atoms with van der Waals surface area (Å²) in [4.78, 5) is 0.280. The van der Waals surface area contributed by atoms with Gasteiger partial charge in [0.2, 0.25) is 10.0 Å². The Morgan fingerprint density at radius 3 is 1.92 bits per heavy atom. The quantitative estimate of drug-likeness (QED) is 0.774. The van der Waals surface area contributed by atoms with E-state index < -0.39 is 10.0 Å². The van der Waals surface area contributed by atoms with Crippen LogP contribution in [-0.4, -0.2) is 30.9 Å².